The van der Waals surface area contributed by atoms with Crippen LogP contribution < -0.4 is 5.32 Å². The maximum Gasteiger partial charge on any atom is 0.240 e. The van der Waals surface area contributed by atoms with Gasteiger partial charge in [0.15, 0.2) is 0 Å². The van der Waals surface area contributed by atoms with E-state index in [1.165, 1.54) is 0 Å². The number of rotatable bonds is 7. The van der Waals surface area contributed by atoms with Crippen molar-refractivity contribution >= 4 is 29.1 Å². The summed E-state index contributed by atoms with van der Waals surface area (Å²) in [4.78, 5) is 19.9. The molecule has 1 aliphatic rings. The highest BCUT2D eigenvalue weighted by Crippen LogP contribution is 2.26. The second kappa shape index (κ2) is 11.2. The van der Waals surface area contributed by atoms with Gasteiger partial charge in [-0.3, -0.25) is 10.1 Å². The summed E-state index contributed by atoms with van der Waals surface area (Å²) in [6.07, 6.45) is 4.20. The fourth-order valence-corrected chi connectivity index (χ4v) is 5.00. The summed E-state index contributed by atoms with van der Waals surface area (Å²) < 4.78 is 2.05. The molecule has 1 aliphatic heterocycles. The zero-order chi connectivity index (χ0) is 25.8. The normalized spacial score (nSPS) is 15.2. The van der Waals surface area contributed by atoms with Crippen LogP contribution in [-0.4, -0.2) is 26.4 Å². The third-order valence-corrected chi connectivity index (χ3v) is 7.25. The van der Waals surface area contributed by atoms with Crippen molar-refractivity contribution in [3.05, 3.63) is 123 Å². The summed E-state index contributed by atoms with van der Waals surface area (Å²) in [5.41, 5.74) is 5.78. The van der Waals surface area contributed by atoms with Gasteiger partial charge in [-0.2, -0.15) is 5.26 Å². The van der Waals surface area contributed by atoms with E-state index < -0.39 is 6.04 Å². The lowest BCUT2D eigenvalue weighted by molar-refractivity contribution is -0.134. The lowest BCUT2D eigenvalue weighted by Crippen LogP contribution is -2.45. The fourth-order valence-electron chi connectivity index (χ4n) is 4.63. The van der Waals surface area contributed by atoms with Crippen molar-refractivity contribution in [1.29, 1.82) is 5.26 Å². The van der Waals surface area contributed by atoms with E-state index in [1.54, 1.807) is 18.5 Å². The molecule has 0 unspecified atom stereocenters. The van der Waals surface area contributed by atoms with E-state index in [2.05, 4.69) is 28.5 Å². The molecule has 0 spiro atoms. The van der Waals surface area contributed by atoms with E-state index in [9.17, 15) is 4.79 Å². The summed E-state index contributed by atoms with van der Waals surface area (Å²) in [5.74, 6) is 0.0189. The lowest BCUT2D eigenvalue weighted by Gasteiger charge is -2.26. The molecule has 3 aromatic carbocycles. The van der Waals surface area contributed by atoms with Gasteiger partial charge in [0.1, 0.15) is 0 Å². The van der Waals surface area contributed by atoms with Crippen LogP contribution >= 0.6 is 23.2 Å². The standard InChI is InChI=1S/C29H25Cl2N5O/c30-25-9-10-27(31)24(11-25)18-35-17-23-4-2-1-3-22(23)12-28(29(35)37)34-15-26-14-33-19-36(26)16-21-7-5-20(13-32)6-8-21/h1-11,14,19,28,34H,12,15-18H2/t28-/m0/s1. The monoisotopic (exact) mass is 529 g/mol. The number of carbonyl (C=O) groups is 1. The van der Waals surface area contributed by atoms with Gasteiger partial charge in [-0.05, 0) is 59.0 Å². The van der Waals surface area contributed by atoms with Crippen LogP contribution in [0, 0.1) is 11.3 Å². The third kappa shape index (κ3) is 5.86. The predicted octanol–water partition coefficient (Wildman–Crippen LogP) is 5.35. The van der Waals surface area contributed by atoms with Gasteiger partial charge in [0.2, 0.25) is 5.91 Å². The molecule has 6 nitrogen and oxygen atoms in total. The summed E-state index contributed by atoms with van der Waals surface area (Å²) in [6, 6.07) is 22.8. The van der Waals surface area contributed by atoms with Crippen LogP contribution in [0.5, 0.6) is 0 Å². The smallest absolute Gasteiger partial charge is 0.240 e. The molecular formula is C29H25Cl2N5O. The van der Waals surface area contributed by atoms with Gasteiger partial charge in [-0.15, -0.1) is 0 Å². The molecule has 2 heterocycles. The Morgan fingerprint density at radius 1 is 1.03 bits per heavy atom. The number of aromatic nitrogens is 2. The van der Waals surface area contributed by atoms with Crippen LogP contribution in [0.15, 0.2) is 79.3 Å². The quantitative estimate of drug-likeness (QED) is 0.350. The molecule has 37 heavy (non-hydrogen) atoms. The highest BCUT2D eigenvalue weighted by Gasteiger charge is 2.30. The first-order chi connectivity index (χ1) is 18.0. The third-order valence-electron chi connectivity index (χ3n) is 6.65. The van der Waals surface area contributed by atoms with E-state index >= 15 is 0 Å². The molecule has 5 rings (SSSR count). The van der Waals surface area contributed by atoms with Crippen molar-refractivity contribution in [3.63, 3.8) is 0 Å². The molecule has 0 aliphatic carbocycles. The SMILES string of the molecule is N#Cc1ccc(Cn2cncc2CN[C@H]2Cc3ccccc3CN(Cc3cc(Cl)ccc3Cl)C2=O)cc1. The molecule has 4 aromatic rings. The van der Waals surface area contributed by atoms with Crippen LogP contribution in [-0.2, 0) is 37.4 Å². The average Bonchev–Trinajstić information content (AvgIpc) is 3.30. The number of hydrogen-bond acceptors (Lipinski definition) is 4. The molecule has 186 valence electrons. The van der Waals surface area contributed by atoms with Gasteiger partial charge in [-0.25, -0.2) is 4.98 Å². The van der Waals surface area contributed by atoms with Gasteiger partial charge >= 0.3 is 0 Å². The number of fused-ring (bicyclic) bond motifs is 1. The molecule has 8 heteroatoms. The van der Waals surface area contributed by atoms with Crippen LogP contribution in [0.3, 0.4) is 0 Å². The van der Waals surface area contributed by atoms with E-state index in [-0.39, 0.29) is 5.91 Å². The maximum atomic E-state index is 13.7. The van der Waals surface area contributed by atoms with Crippen molar-refractivity contribution in [2.24, 2.45) is 0 Å². The largest absolute Gasteiger partial charge is 0.333 e. The zero-order valence-electron chi connectivity index (χ0n) is 20.1. The van der Waals surface area contributed by atoms with Crippen molar-refractivity contribution in [3.8, 4) is 6.07 Å². The van der Waals surface area contributed by atoms with Crippen LogP contribution in [0.1, 0.15) is 33.5 Å². The first kappa shape index (κ1) is 25.0. The number of imidazole rings is 1. The Morgan fingerprint density at radius 3 is 2.59 bits per heavy atom. The Kier molecular flexibility index (Phi) is 7.57. The second-order valence-electron chi connectivity index (χ2n) is 9.16. The first-order valence-electron chi connectivity index (χ1n) is 12.0. The number of hydrogen-bond donors (Lipinski definition) is 1. The minimum Gasteiger partial charge on any atom is -0.333 e. The molecule has 1 aromatic heterocycles. The molecule has 0 radical (unpaired) electrons. The molecular weight excluding hydrogens is 505 g/mol. The minimum absolute atomic E-state index is 0.0189. The highest BCUT2D eigenvalue weighted by atomic mass is 35.5. The Bertz CT molecular complexity index is 1460. The summed E-state index contributed by atoms with van der Waals surface area (Å²) in [5, 5.41) is 13.7. The molecule has 1 N–H and O–H groups in total. The Labute approximate surface area is 226 Å². The Balaban J connectivity index is 1.34. The Morgan fingerprint density at radius 2 is 1.81 bits per heavy atom. The number of amides is 1. The van der Waals surface area contributed by atoms with Gasteiger partial charge in [0, 0.05) is 42.4 Å². The molecule has 1 amide bonds. The predicted molar refractivity (Wildman–Crippen MR) is 144 cm³/mol. The topological polar surface area (TPSA) is 74.0 Å². The summed E-state index contributed by atoms with van der Waals surface area (Å²) >= 11 is 12.6. The number of nitriles is 1. The molecule has 0 fully saturated rings. The van der Waals surface area contributed by atoms with Crippen molar-refractivity contribution < 1.29 is 4.79 Å². The summed E-state index contributed by atoms with van der Waals surface area (Å²) in [6.45, 7) is 2.00. The van der Waals surface area contributed by atoms with Crippen LogP contribution in [0.2, 0.25) is 10.0 Å². The van der Waals surface area contributed by atoms with Crippen molar-refractivity contribution in [1.82, 2.24) is 19.8 Å². The molecule has 1 atom stereocenters. The lowest BCUT2D eigenvalue weighted by atomic mass is 10.0. The highest BCUT2D eigenvalue weighted by molar-refractivity contribution is 6.33. The number of nitrogens with one attached hydrogen (secondary N) is 1. The summed E-state index contributed by atoms with van der Waals surface area (Å²) in [7, 11) is 0. The zero-order valence-corrected chi connectivity index (χ0v) is 21.6. The van der Waals surface area contributed by atoms with Crippen molar-refractivity contribution in [2.45, 2.75) is 38.6 Å². The van der Waals surface area contributed by atoms with Gasteiger partial charge in [0.25, 0.3) is 0 Å². The second-order valence-corrected chi connectivity index (χ2v) is 10.0. The van der Waals surface area contributed by atoms with Crippen LogP contribution in [0.4, 0.5) is 0 Å². The van der Waals surface area contributed by atoms with Crippen LogP contribution in [0.25, 0.3) is 0 Å². The maximum absolute atomic E-state index is 13.7. The van der Waals surface area contributed by atoms with E-state index in [4.69, 9.17) is 28.5 Å². The van der Waals surface area contributed by atoms with Gasteiger partial charge < -0.3 is 9.47 Å². The van der Waals surface area contributed by atoms with E-state index in [0.29, 0.717) is 48.2 Å². The minimum atomic E-state index is -0.403. The first-order valence-corrected chi connectivity index (χ1v) is 12.8. The number of benzene rings is 3. The van der Waals surface area contributed by atoms with Gasteiger partial charge in [-0.1, -0.05) is 59.6 Å². The molecule has 0 saturated heterocycles. The number of halogens is 2. The van der Waals surface area contributed by atoms with Crippen molar-refractivity contribution in [2.75, 3.05) is 0 Å². The fraction of sp³-hybridized carbons (Fsp3) is 0.207. The average molecular weight is 530 g/mol. The number of carbonyl (C=O) groups excluding carboxylic acids is 1. The number of nitrogens with zero attached hydrogens (tertiary/aromatic N) is 4. The van der Waals surface area contributed by atoms with Gasteiger partial charge in [0.05, 0.1) is 29.7 Å². The molecule has 0 saturated carbocycles. The van der Waals surface area contributed by atoms with E-state index in [1.807, 2.05) is 58.1 Å². The Hall–Kier alpha value is -3.63. The van der Waals surface area contributed by atoms with E-state index in [0.717, 1.165) is 27.9 Å². The molecule has 0 bridgehead atoms.